The van der Waals surface area contributed by atoms with Gasteiger partial charge >= 0.3 is 0 Å². The molecule has 0 atom stereocenters. The van der Waals surface area contributed by atoms with Gasteiger partial charge in [-0.15, -0.1) is 0 Å². The number of methoxy groups -OCH3 is 1. The molecule has 0 aromatic carbocycles. The number of hydrogen-bond acceptors (Lipinski definition) is 4. The van der Waals surface area contributed by atoms with E-state index in [2.05, 4.69) is 21.8 Å². The van der Waals surface area contributed by atoms with E-state index in [-0.39, 0.29) is 5.41 Å². The number of imidazole rings is 1. The Bertz CT molecular complexity index is 534. The lowest BCUT2D eigenvalue weighted by molar-refractivity contribution is -0.128. The Morgan fingerprint density at radius 3 is 2.83 bits per heavy atom. The molecule has 6 nitrogen and oxygen atoms in total. The van der Waals surface area contributed by atoms with Gasteiger partial charge in [-0.05, 0) is 44.7 Å². The zero-order valence-electron chi connectivity index (χ0n) is 14.3. The highest BCUT2D eigenvalue weighted by atomic mass is 16.5. The SMILES string of the molecule is COCCCN1CC2(CCN(Cc3nc[nH]c3C)CC2)CC1=O. The molecule has 2 aliphatic heterocycles. The van der Waals surface area contributed by atoms with Crippen molar-refractivity contribution in [1.29, 1.82) is 0 Å². The van der Waals surface area contributed by atoms with Crippen LogP contribution in [0.15, 0.2) is 6.33 Å². The number of piperidine rings is 1. The van der Waals surface area contributed by atoms with Crippen LogP contribution in [0.4, 0.5) is 0 Å². The molecular weight excluding hydrogens is 292 g/mol. The summed E-state index contributed by atoms with van der Waals surface area (Å²) < 4.78 is 5.09. The maximum Gasteiger partial charge on any atom is 0.223 e. The molecule has 2 aliphatic rings. The van der Waals surface area contributed by atoms with Gasteiger partial charge in [-0.25, -0.2) is 4.98 Å². The predicted octanol–water partition coefficient (Wildman–Crippen LogP) is 1.57. The monoisotopic (exact) mass is 320 g/mol. The number of nitrogens with zero attached hydrogens (tertiary/aromatic N) is 3. The van der Waals surface area contributed by atoms with Gasteiger partial charge in [0.15, 0.2) is 0 Å². The second-order valence-electron chi connectivity index (χ2n) is 7.09. The van der Waals surface area contributed by atoms with Gasteiger partial charge in [0.25, 0.3) is 0 Å². The molecule has 3 rings (SSSR count). The van der Waals surface area contributed by atoms with Crippen molar-refractivity contribution in [2.24, 2.45) is 5.41 Å². The zero-order chi connectivity index (χ0) is 16.3. The van der Waals surface area contributed by atoms with Gasteiger partial charge in [-0.3, -0.25) is 9.69 Å². The van der Waals surface area contributed by atoms with E-state index in [4.69, 9.17) is 4.74 Å². The number of H-pyrrole nitrogens is 1. The summed E-state index contributed by atoms with van der Waals surface area (Å²) in [5.74, 6) is 0.331. The quantitative estimate of drug-likeness (QED) is 0.808. The third-order valence-electron chi connectivity index (χ3n) is 5.41. The number of aromatic amines is 1. The molecule has 2 saturated heterocycles. The Morgan fingerprint density at radius 2 is 2.17 bits per heavy atom. The second kappa shape index (κ2) is 7.01. The van der Waals surface area contributed by atoms with E-state index in [0.717, 1.165) is 76.4 Å². The van der Waals surface area contributed by atoms with E-state index < -0.39 is 0 Å². The number of nitrogens with one attached hydrogen (secondary N) is 1. The summed E-state index contributed by atoms with van der Waals surface area (Å²) in [6.45, 7) is 7.61. The fraction of sp³-hybridized carbons (Fsp3) is 0.765. The number of ether oxygens (including phenoxy) is 1. The first-order valence-electron chi connectivity index (χ1n) is 8.60. The van der Waals surface area contributed by atoms with E-state index in [1.807, 2.05) is 4.90 Å². The number of aromatic nitrogens is 2. The smallest absolute Gasteiger partial charge is 0.223 e. The molecule has 1 N–H and O–H groups in total. The molecule has 6 heteroatoms. The van der Waals surface area contributed by atoms with Crippen molar-refractivity contribution in [2.45, 2.75) is 39.2 Å². The molecule has 23 heavy (non-hydrogen) atoms. The second-order valence-corrected chi connectivity index (χ2v) is 7.09. The number of hydrogen-bond donors (Lipinski definition) is 1. The van der Waals surface area contributed by atoms with Crippen LogP contribution in [-0.2, 0) is 16.1 Å². The average Bonchev–Trinajstić information content (AvgIpc) is 3.07. The van der Waals surface area contributed by atoms with Crippen molar-refractivity contribution in [2.75, 3.05) is 39.9 Å². The summed E-state index contributed by atoms with van der Waals surface area (Å²) >= 11 is 0. The van der Waals surface area contributed by atoms with E-state index in [1.54, 1.807) is 13.4 Å². The fourth-order valence-corrected chi connectivity index (χ4v) is 3.86. The molecule has 128 valence electrons. The van der Waals surface area contributed by atoms with Crippen LogP contribution < -0.4 is 0 Å². The van der Waals surface area contributed by atoms with Gasteiger partial charge in [0, 0.05) is 45.5 Å². The van der Waals surface area contributed by atoms with Gasteiger partial charge in [0.05, 0.1) is 12.0 Å². The first kappa shape index (κ1) is 16.5. The molecule has 0 unspecified atom stereocenters. The third kappa shape index (κ3) is 3.75. The summed E-state index contributed by atoms with van der Waals surface area (Å²) in [4.78, 5) is 24.3. The summed E-state index contributed by atoms with van der Waals surface area (Å²) in [6.07, 6.45) is 5.66. The van der Waals surface area contributed by atoms with Crippen LogP contribution in [0.3, 0.4) is 0 Å². The molecule has 0 aliphatic carbocycles. The third-order valence-corrected chi connectivity index (χ3v) is 5.41. The van der Waals surface area contributed by atoms with E-state index in [0.29, 0.717) is 5.91 Å². The Morgan fingerprint density at radius 1 is 1.39 bits per heavy atom. The average molecular weight is 320 g/mol. The maximum absolute atomic E-state index is 12.3. The molecule has 1 aromatic rings. The van der Waals surface area contributed by atoms with E-state index >= 15 is 0 Å². The number of aryl methyl sites for hydroxylation is 1. The van der Waals surface area contributed by atoms with Gasteiger partial charge in [-0.1, -0.05) is 0 Å². The van der Waals surface area contributed by atoms with Gasteiger partial charge in [0.2, 0.25) is 5.91 Å². The number of rotatable bonds is 6. The lowest BCUT2D eigenvalue weighted by Crippen LogP contribution is -2.41. The molecule has 1 spiro atoms. The lowest BCUT2D eigenvalue weighted by Gasteiger charge is -2.38. The normalized spacial score (nSPS) is 21.5. The van der Waals surface area contributed by atoms with Crippen LogP contribution >= 0.6 is 0 Å². The number of carbonyl (C=O) groups excluding carboxylic acids is 1. The van der Waals surface area contributed by atoms with Gasteiger partial charge in [0.1, 0.15) is 0 Å². The summed E-state index contributed by atoms with van der Waals surface area (Å²) in [5, 5.41) is 0. The van der Waals surface area contributed by atoms with Crippen molar-refractivity contribution in [3.8, 4) is 0 Å². The summed E-state index contributed by atoms with van der Waals surface area (Å²) in [6, 6.07) is 0. The summed E-state index contributed by atoms with van der Waals surface area (Å²) in [5.41, 5.74) is 2.51. The van der Waals surface area contributed by atoms with E-state index in [9.17, 15) is 4.79 Å². The highest BCUT2D eigenvalue weighted by Crippen LogP contribution is 2.41. The highest BCUT2D eigenvalue weighted by molar-refractivity contribution is 5.79. The number of likely N-dealkylation sites (tertiary alicyclic amines) is 2. The molecule has 0 radical (unpaired) electrons. The van der Waals surface area contributed by atoms with Crippen LogP contribution in [-0.4, -0.2) is 65.6 Å². The number of amides is 1. The molecular formula is C17H28N4O2. The van der Waals surface area contributed by atoms with Crippen LogP contribution in [0.5, 0.6) is 0 Å². The Hall–Kier alpha value is -1.40. The largest absolute Gasteiger partial charge is 0.385 e. The molecule has 2 fully saturated rings. The number of carbonyl (C=O) groups is 1. The van der Waals surface area contributed by atoms with Crippen LogP contribution in [0.2, 0.25) is 0 Å². The minimum atomic E-state index is 0.210. The van der Waals surface area contributed by atoms with Crippen LogP contribution in [0, 0.1) is 12.3 Å². The predicted molar refractivity (Wildman–Crippen MR) is 88.0 cm³/mol. The van der Waals surface area contributed by atoms with Gasteiger partial charge < -0.3 is 14.6 Å². The fourth-order valence-electron chi connectivity index (χ4n) is 3.86. The molecule has 0 bridgehead atoms. The highest BCUT2D eigenvalue weighted by Gasteiger charge is 2.44. The molecule has 1 amide bonds. The molecule has 3 heterocycles. The summed E-state index contributed by atoms with van der Waals surface area (Å²) in [7, 11) is 1.71. The standard InChI is InChI=1S/C17H28N4O2/c1-14-15(19-13-18-14)11-20-7-4-17(5-8-20)10-16(22)21(12-17)6-3-9-23-2/h13H,3-12H2,1-2H3,(H,18,19). The zero-order valence-corrected chi connectivity index (χ0v) is 14.3. The van der Waals surface area contributed by atoms with Crippen molar-refractivity contribution in [1.82, 2.24) is 19.8 Å². The Labute approximate surface area is 138 Å². The Balaban J connectivity index is 1.50. The molecule has 1 aromatic heterocycles. The topological polar surface area (TPSA) is 61.5 Å². The van der Waals surface area contributed by atoms with Crippen LogP contribution in [0.25, 0.3) is 0 Å². The van der Waals surface area contributed by atoms with Crippen molar-refractivity contribution in [3.05, 3.63) is 17.7 Å². The van der Waals surface area contributed by atoms with Crippen molar-refractivity contribution in [3.63, 3.8) is 0 Å². The minimum absolute atomic E-state index is 0.210. The Kier molecular flexibility index (Phi) is 5.02. The van der Waals surface area contributed by atoms with E-state index in [1.165, 1.54) is 0 Å². The maximum atomic E-state index is 12.3. The van der Waals surface area contributed by atoms with Crippen molar-refractivity contribution >= 4 is 5.91 Å². The van der Waals surface area contributed by atoms with Gasteiger partial charge in [-0.2, -0.15) is 0 Å². The minimum Gasteiger partial charge on any atom is -0.385 e. The first-order chi connectivity index (χ1) is 11.1. The lowest BCUT2D eigenvalue weighted by atomic mass is 9.77. The first-order valence-corrected chi connectivity index (χ1v) is 8.60. The van der Waals surface area contributed by atoms with Crippen LogP contribution in [0.1, 0.15) is 37.1 Å². The molecule has 0 saturated carbocycles. The van der Waals surface area contributed by atoms with Crippen molar-refractivity contribution < 1.29 is 9.53 Å².